The summed E-state index contributed by atoms with van der Waals surface area (Å²) in [7, 11) is -6.11. The first kappa shape index (κ1) is 21.3. The highest BCUT2D eigenvalue weighted by molar-refractivity contribution is 7.87. The van der Waals surface area contributed by atoms with Gasteiger partial charge < -0.3 is 19.0 Å². The topological polar surface area (TPSA) is 119 Å². The standard InChI is InChI=1S/C10H20F2O8SSi/c1-18-22(2,3)6-4-5-19-7-8(13)20-9(14)10(11,12)21(15,16)17/h8,13H,4-7H2,1-3H3,(H,15,16,17). The minimum Gasteiger partial charge on any atom is -0.428 e. The smallest absolute Gasteiger partial charge is 0.428 e. The molecule has 0 saturated heterocycles. The Balaban J connectivity index is 4.11. The summed E-state index contributed by atoms with van der Waals surface area (Å²) in [5, 5.41) is 4.01. The molecule has 1 unspecified atom stereocenters. The van der Waals surface area contributed by atoms with Crippen LogP contribution in [0.2, 0.25) is 19.1 Å². The summed E-state index contributed by atoms with van der Waals surface area (Å²) in [6.45, 7) is 3.54. The Morgan fingerprint density at radius 2 is 1.91 bits per heavy atom. The number of carbonyl (C=O) groups excluding carboxylic acids is 1. The fourth-order valence-corrected chi connectivity index (χ4v) is 2.68. The Bertz CT molecular complexity index is 468. The Morgan fingerprint density at radius 3 is 2.36 bits per heavy atom. The van der Waals surface area contributed by atoms with E-state index in [1.807, 2.05) is 13.1 Å². The van der Waals surface area contributed by atoms with Crippen LogP contribution in [-0.2, 0) is 28.8 Å². The lowest BCUT2D eigenvalue weighted by atomic mass is 10.5. The molecule has 0 aromatic rings. The molecule has 2 N–H and O–H groups in total. The maximum Gasteiger partial charge on any atom is 0.465 e. The molecule has 1 atom stereocenters. The van der Waals surface area contributed by atoms with Crippen LogP contribution in [0, 0.1) is 0 Å². The molecule has 0 aromatic carbocycles. The first-order valence-electron chi connectivity index (χ1n) is 6.20. The van der Waals surface area contributed by atoms with E-state index in [9.17, 15) is 22.0 Å². The summed E-state index contributed by atoms with van der Waals surface area (Å²) in [6.07, 6.45) is -1.48. The summed E-state index contributed by atoms with van der Waals surface area (Å²) < 4.78 is 68.4. The van der Waals surface area contributed by atoms with Crippen molar-refractivity contribution < 1.29 is 45.6 Å². The monoisotopic (exact) mass is 366 g/mol. The Labute approximate surface area is 128 Å². The molecule has 8 nitrogen and oxygen atoms in total. The molecule has 0 aliphatic carbocycles. The summed E-state index contributed by atoms with van der Waals surface area (Å²) >= 11 is 0. The summed E-state index contributed by atoms with van der Waals surface area (Å²) in [6, 6.07) is 0.764. The molecule has 22 heavy (non-hydrogen) atoms. The predicted octanol–water partition coefficient (Wildman–Crippen LogP) is 0.587. The van der Waals surface area contributed by atoms with E-state index in [4.69, 9.17) is 18.8 Å². The van der Waals surface area contributed by atoms with Crippen molar-refractivity contribution in [3.05, 3.63) is 0 Å². The maximum absolute atomic E-state index is 12.8. The SMILES string of the molecule is CO[Si](C)(C)CCCOCC(O)OC(=O)C(F)(F)S(=O)(=O)O. The predicted molar refractivity (Wildman–Crippen MR) is 73.3 cm³/mol. The van der Waals surface area contributed by atoms with Crippen LogP contribution >= 0.6 is 0 Å². The van der Waals surface area contributed by atoms with Gasteiger partial charge in [0, 0.05) is 13.7 Å². The molecule has 0 saturated carbocycles. The highest BCUT2D eigenvalue weighted by Crippen LogP contribution is 2.22. The third kappa shape index (κ3) is 7.06. The molecular weight excluding hydrogens is 346 g/mol. The second kappa shape index (κ2) is 8.26. The minimum atomic E-state index is -5.96. The van der Waals surface area contributed by atoms with Crippen LogP contribution in [0.15, 0.2) is 0 Å². The van der Waals surface area contributed by atoms with Gasteiger partial charge in [0.1, 0.15) is 6.61 Å². The number of aliphatic hydroxyl groups is 1. The number of rotatable bonds is 10. The Morgan fingerprint density at radius 1 is 1.36 bits per heavy atom. The van der Waals surface area contributed by atoms with Crippen molar-refractivity contribution in [3.8, 4) is 0 Å². The van der Waals surface area contributed by atoms with Gasteiger partial charge in [-0.2, -0.15) is 17.2 Å². The van der Waals surface area contributed by atoms with E-state index < -0.39 is 42.6 Å². The van der Waals surface area contributed by atoms with Gasteiger partial charge in [-0.3, -0.25) is 4.55 Å². The molecule has 0 heterocycles. The molecule has 0 aliphatic rings. The highest BCUT2D eigenvalue weighted by atomic mass is 32.2. The quantitative estimate of drug-likeness (QED) is 0.189. The Hall–Kier alpha value is -0.663. The van der Waals surface area contributed by atoms with Gasteiger partial charge in [-0.25, -0.2) is 4.79 Å². The molecule has 0 spiro atoms. The van der Waals surface area contributed by atoms with Crippen LogP contribution in [-0.4, -0.2) is 64.2 Å². The second-order valence-corrected chi connectivity index (χ2v) is 10.9. The van der Waals surface area contributed by atoms with Crippen molar-refractivity contribution in [3.63, 3.8) is 0 Å². The first-order chi connectivity index (χ1) is 9.83. The van der Waals surface area contributed by atoms with Crippen molar-refractivity contribution in [1.29, 1.82) is 0 Å². The molecule has 12 heteroatoms. The van der Waals surface area contributed by atoms with Gasteiger partial charge in [-0.05, 0) is 25.6 Å². The number of aliphatic hydroxyl groups excluding tert-OH is 1. The lowest BCUT2D eigenvalue weighted by molar-refractivity contribution is -0.193. The van der Waals surface area contributed by atoms with Crippen molar-refractivity contribution in [1.82, 2.24) is 0 Å². The zero-order valence-corrected chi connectivity index (χ0v) is 14.2. The van der Waals surface area contributed by atoms with E-state index in [0.29, 0.717) is 6.42 Å². The third-order valence-electron chi connectivity index (χ3n) is 2.69. The van der Waals surface area contributed by atoms with Gasteiger partial charge in [0.2, 0.25) is 6.29 Å². The molecule has 0 amide bonds. The average Bonchev–Trinajstić information content (AvgIpc) is 2.36. The van der Waals surface area contributed by atoms with Gasteiger partial charge in [0.15, 0.2) is 8.32 Å². The number of esters is 1. The van der Waals surface area contributed by atoms with Crippen molar-refractivity contribution >= 4 is 24.4 Å². The van der Waals surface area contributed by atoms with Crippen LogP contribution in [0.25, 0.3) is 0 Å². The molecule has 0 fully saturated rings. The normalized spacial score (nSPS) is 14.7. The summed E-state index contributed by atoms with van der Waals surface area (Å²) in [5.74, 6) is -2.58. The van der Waals surface area contributed by atoms with E-state index in [1.165, 1.54) is 0 Å². The van der Waals surface area contributed by atoms with E-state index in [1.54, 1.807) is 7.11 Å². The number of ether oxygens (including phenoxy) is 2. The number of alkyl halides is 2. The zero-order valence-electron chi connectivity index (χ0n) is 12.4. The van der Waals surface area contributed by atoms with E-state index in [0.717, 1.165) is 6.04 Å². The summed E-state index contributed by atoms with van der Waals surface area (Å²) in [4.78, 5) is 10.8. The molecular formula is C10H20F2O8SSi. The van der Waals surface area contributed by atoms with E-state index in [-0.39, 0.29) is 6.61 Å². The van der Waals surface area contributed by atoms with Crippen molar-refractivity contribution in [2.75, 3.05) is 20.3 Å². The molecule has 0 aliphatic heterocycles. The van der Waals surface area contributed by atoms with Crippen molar-refractivity contribution in [2.45, 2.75) is 37.1 Å². The van der Waals surface area contributed by atoms with Crippen LogP contribution < -0.4 is 0 Å². The van der Waals surface area contributed by atoms with Crippen LogP contribution in [0.3, 0.4) is 0 Å². The molecule has 0 rings (SSSR count). The van der Waals surface area contributed by atoms with Crippen LogP contribution in [0.5, 0.6) is 0 Å². The second-order valence-electron chi connectivity index (χ2n) is 4.99. The zero-order chi connectivity index (χ0) is 17.6. The highest BCUT2D eigenvalue weighted by Gasteiger charge is 2.54. The van der Waals surface area contributed by atoms with E-state index in [2.05, 4.69) is 4.74 Å². The number of hydrogen-bond acceptors (Lipinski definition) is 7. The van der Waals surface area contributed by atoms with Gasteiger partial charge in [0.05, 0.1) is 0 Å². The molecule has 0 radical (unpaired) electrons. The lowest BCUT2D eigenvalue weighted by Crippen LogP contribution is -2.41. The lowest BCUT2D eigenvalue weighted by Gasteiger charge is -2.20. The van der Waals surface area contributed by atoms with Crippen LogP contribution in [0.1, 0.15) is 6.42 Å². The fraction of sp³-hybridized carbons (Fsp3) is 0.900. The fourth-order valence-electron chi connectivity index (χ4n) is 1.22. The van der Waals surface area contributed by atoms with Gasteiger partial charge >= 0.3 is 21.3 Å². The number of halogens is 2. The number of hydrogen-bond donors (Lipinski definition) is 2. The largest absolute Gasteiger partial charge is 0.465 e. The first-order valence-corrected chi connectivity index (χ1v) is 10.8. The van der Waals surface area contributed by atoms with Gasteiger partial charge in [0.25, 0.3) is 0 Å². The Kier molecular flexibility index (Phi) is 8.01. The molecule has 0 aromatic heterocycles. The average molecular weight is 366 g/mol. The maximum atomic E-state index is 12.8. The van der Waals surface area contributed by atoms with Crippen molar-refractivity contribution in [2.24, 2.45) is 0 Å². The molecule has 0 bridgehead atoms. The molecule has 132 valence electrons. The minimum absolute atomic E-state index is 0.170. The number of carbonyl (C=O) groups is 1. The third-order valence-corrected chi connectivity index (χ3v) is 6.16. The van der Waals surface area contributed by atoms with Gasteiger partial charge in [-0.15, -0.1) is 0 Å². The van der Waals surface area contributed by atoms with Gasteiger partial charge in [-0.1, -0.05) is 0 Å². The van der Waals surface area contributed by atoms with E-state index >= 15 is 0 Å². The summed E-state index contributed by atoms with van der Waals surface area (Å²) in [5.41, 5.74) is 0. The van der Waals surface area contributed by atoms with Crippen LogP contribution in [0.4, 0.5) is 8.78 Å².